The molecule has 2 rings (SSSR count). The molecule has 136 valence electrons. The van der Waals surface area contributed by atoms with E-state index in [-0.39, 0.29) is 34.6 Å². The Labute approximate surface area is 161 Å². The van der Waals surface area contributed by atoms with Gasteiger partial charge in [-0.1, -0.05) is 30.3 Å². The third-order valence-electron chi connectivity index (χ3n) is 3.51. The minimum Gasteiger partial charge on any atom is -0.462 e. The average Bonchev–Trinajstić information content (AvgIpc) is 2.62. The van der Waals surface area contributed by atoms with E-state index in [4.69, 9.17) is 10.00 Å². The fourth-order valence-corrected chi connectivity index (χ4v) is 4.65. The highest BCUT2D eigenvalue weighted by Gasteiger charge is 2.27. The number of nitriles is 1. The molecule has 2 aromatic rings. The summed E-state index contributed by atoms with van der Waals surface area (Å²) in [6.45, 7) is 1.70. The van der Waals surface area contributed by atoms with E-state index >= 15 is 0 Å². The first-order valence-electron chi connectivity index (χ1n) is 7.77. The molecule has 0 amide bonds. The molecule has 8 heteroatoms. The zero-order valence-electron chi connectivity index (χ0n) is 14.1. The fourth-order valence-electron chi connectivity index (χ4n) is 2.28. The number of benzene rings is 2. The van der Waals surface area contributed by atoms with Crippen LogP contribution < -0.4 is 0 Å². The number of sulfonamides is 1. The topological polar surface area (TPSA) is 87.5 Å². The lowest BCUT2D eigenvalue weighted by atomic mass is 10.2. The molecule has 0 aromatic heterocycles. The number of hydrogen-bond donors (Lipinski definition) is 0. The van der Waals surface area contributed by atoms with Gasteiger partial charge in [0.1, 0.15) is 6.54 Å². The monoisotopic (exact) mass is 436 g/mol. The van der Waals surface area contributed by atoms with Crippen LogP contribution in [0.25, 0.3) is 0 Å². The molecule has 26 heavy (non-hydrogen) atoms. The van der Waals surface area contributed by atoms with Crippen LogP contribution in [0.2, 0.25) is 0 Å². The van der Waals surface area contributed by atoms with Crippen LogP contribution in [-0.4, -0.2) is 31.8 Å². The second-order valence-electron chi connectivity index (χ2n) is 5.28. The minimum absolute atomic E-state index is 0.0169. The number of ether oxygens (including phenoxy) is 1. The Morgan fingerprint density at radius 2 is 1.92 bits per heavy atom. The molecule has 0 saturated heterocycles. The molecular formula is C18H17BrN2O4S. The van der Waals surface area contributed by atoms with Crippen LogP contribution in [0.1, 0.15) is 22.8 Å². The Hall–Kier alpha value is -2.21. The van der Waals surface area contributed by atoms with Crippen LogP contribution >= 0.6 is 15.9 Å². The van der Waals surface area contributed by atoms with Crippen molar-refractivity contribution in [1.82, 2.24) is 4.31 Å². The summed E-state index contributed by atoms with van der Waals surface area (Å²) in [6.07, 6.45) is 0. The molecule has 0 aliphatic heterocycles. The summed E-state index contributed by atoms with van der Waals surface area (Å²) in [6, 6.07) is 15.0. The Balaban J connectivity index is 2.37. The van der Waals surface area contributed by atoms with E-state index in [1.165, 1.54) is 18.2 Å². The Bertz CT molecular complexity index is 924. The molecule has 6 nitrogen and oxygen atoms in total. The summed E-state index contributed by atoms with van der Waals surface area (Å²) in [4.78, 5) is 11.8. The van der Waals surface area contributed by atoms with Crippen LogP contribution in [-0.2, 0) is 21.3 Å². The lowest BCUT2D eigenvalue weighted by Crippen LogP contribution is -2.31. The van der Waals surface area contributed by atoms with E-state index in [2.05, 4.69) is 15.9 Å². The second-order valence-corrected chi connectivity index (χ2v) is 8.04. The van der Waals surface area contributed by atoms with E-state index in [0.29, 0.717) is 0 Å². The highest BCUT2D eigenvalue weighted by atomic mass is 79.9. The van der Waals surface area contributed by atoms with Crippen LogP contribution in [0.3, 0.4) is 0 Å². The standard InChI is InChI=1S/C18H17BrN2O4S/c1-2-25-18(22)15-8-9-17(16(19)12-15)26(23,24)21(11-10-20)13-14-6-4-3-5-7-14/h3-9,12H,2,11,13H2,1H3. The molecule has 0 unspecified atom stereocenters. The quantitative estimate of drug-likeness (QED) is 0.490. The van der Waals surface area contributed by atoms with Crippen LogP contribution in [0, 0.1) is 11.3 Å². The van der Waals surface area contributed by atoms with E-state index in [1.54, 1.807) is 31.2 Å². The molecule has 0 atom stereocenters. The molecule has 0 aliphatic rings. The van der Waals surface area contributed by atoms with Crippen molar-refractivity contribution in [3.8, 4) is 6.07 Å². The van der Waals surface area contributed by atoms with Gasteiger partial charge in [-0.2, -0.15) is 9.57 Å². The van der Waals surface area contributed by atoms with Crippen molar-refractivity contribution >= 4 is 31.9 Å². The van der Waals surface area contributed by atoms with Gasteiger partial charge in [-0.25, -0.2) is 13.2 Å². The lowest BCUT2D eigenvalue weighted by Gasteiger charge is -2.20. The first-order valence-corrected chi connectivity index (χ1v) is 10.0. The average molecular weight is 437 g/mol. The van der Waals surface area contributed by atoms with Gasteiger partial charge in [-0.05, 0) is 46.6 Å². The largest absolute Gasteiger partial charge is 0.462 e. The van der Waals surface area contributed by atoms with E-state index in [9.17, 15) is 13.2 Å². The summed E-state index contributed by atoms with van der Waals surface area (Å²) < 4.78 is 32.2. The summed E-state index contributed by atoms with van der Waals surface area (Å²) in [5, 5.41) is 9.04. The number of esters is 1. The zero-order valence-corrected chi connectivity index (χ0v) is 16.5. The fraction of sp³-hybridized carbons (Fsp3) is 0.222. The van der Waals surface area contributed by atoms with Crippen LogP contribution in [0.4, 0.5) is 0 Å². The van der Waals surface area contributed by atoms with E-state index in [0.717, 1.165) is 9.87 Å². The number of carbonyl (C=O) groups excluding carboxylic acids is 1. The van der Waals surface area contributed by atoms with Gasteiger partial charge in [-0.15, -0.1) is 0 Å². The maximum atomic E-state index is 13.0. The van der Waals surface area contributed by atoms with Crippen molar-refractivity contribution in [2.75, 3.05) is 13.2 Å². The summed E-state index contributed by atoms with van der Waals surface area (Å²) in [7, 11) is -3.93. The molecule has 0 saturated carbocycles. The van der Waals surface area contributed by atoms with Crippen molar-refractivity contribution < 1.29 is 17.9 Å². The maximum absolute atomic E-state index is 13.0. The molecule has 0 spiro atoms. The summed E-state index contributed by atoms with van der Waals surface area (Å²) >= 11 is 3.21. The van der Waals surface area contributed by atoms with Crippen LogP contribution in [0.5, 0.6) is 0 Å². The Morgan fingerprint density at radius 3 is 2.50 bits per heavy atom. The number of hydrogen-bond acceptors (Lipinski definition) is 5. The first kappa shape index (κ1) is 20.1. The van der Waals surface area contributed by atoms with Gasteiger partial charge >= 0.3 is 5.97 Å². The Morgan fingerprint density at radius 1 is 1.23 bits per heavy atom. The third-order valence-corrected chi connectivity index (χ3v) is 6.28. The van der Waals surface area contributed by atoms with Gasteiger partial charge < -0.3 is 4.74 Å². The van der Waals surface area contributed by atoms with Gasteiger partial charge in [0, 0.05) is 11.0 Å². The van der Waals surface area contributed by atoms with E-state index < -0.39 is 16.0 Å². The van der Waals surface area contributed by atoms with Crippen molar-refractivity contribution in [2.24, 2.45) is 0 Å². The molecule has 0 N–H and O–H groups in total. The lowest BCUT2D eigenvalue weighted by molar-refractivity contribution is 0.0526. The van der Waals surface area contributed by atoms with E-state index in [1.807, 2.05) is 12.1 Å². The smallest absolute Gasteiger partial charge is 0.338 e. The highest BCUT2D eigenvalue weighted by Crippen LogP contribution is 2.27. The second kappa shape index (κ2) is 8.94. The molecule has 0 aliphatic carbocycles. The van der Waals surface area contributed by atoms with Gasteiger partial charge in [0.15, 0.2) is 0 Å². The van der Waals surface area contributed by atoms with Gasteiger partial charge in [0.05, 0.1) is 23.1 Å². The Kier molecular flexibility index (Phi) is 6.91. The predicted molar refractivity (Wildman–Crippen MR) is 99.7 cm³/mol. The van der Waals surface area contributed by atoms with Crippen molar-refractivity contribution in [2.45, 2.75) is 18.4 Å². The van der Waals surface area contributed by atoms with Gasteiger partial charge in [-0.3, -0.25) is 0 Å². The molecule has 0 fully saturated rings. The molecule has 2 aromatic carbocycles. The van der Waals surface area contributed by atoms with Crippen molar-refractivity contribution in [1.29, 1.82) is 5.26 Å². The first-order chi connectivity index (χ1) is 12.4. The normalized spacial score (nSPS) is 11.2. The van der Waals surface area contributed by atoms with Crippen LogP contribution in [0.15, 0.2) is 57.9 Å². The predicted octanol–water partition coefficient (Wildman–Crippen LogP) is 3.34. The highest BCUT2D eigenvalue weighted by molar-refractivity contribution is 9.10. The molecular weight excluding hydrogens is 420 g/mol. The van der Waals surface area contributed by atoms with Crippen molar-refractivity contribution in [3.63, 3.8) is 0 Å². The summed E-state index contributed by atoms with van der Waals surface area (Å²) in [5.41, 5.74) is 1.01. The number of nitrogens with zero attached hydrogens (tertiary/aromatic N) is 2. The third kappa shape index (κ3) is 4.69. The SMILES string of the molecule is CCOC(=O)c1ccc(S(=O)(=O)N(CC#N)Cc2ccccc2)c(Br)c1. The number of carbonyl (C=O) groups is 1. The zero-order chi connectivity index (χ0) is 19.2. The molecule has 0 bridgehead atoms. The van der Waals surface area contributed by atoms with Gasteiger partial charge in [0.25, 0.3) is 0 Å². The van der Waals surface area contributed by atoms with Crippen molar-refractivity contribution in [3.05, 3.63) is 64.1 Å². The maximum Gasteiger partial charge on any atom is 0.338 e. The molecule has 0 radical (unpaired) electrons. The minimum atomic E-state index is -3.93. The summed E-state index contributed by atoms with van der Waals surface area (Å²) in [5.74, 6) is -0.532. The number of rotatable bonds is 7. The number of halogens is 1. The molecule has 0 heterocycles. The van der Waals surface area contributed by atoms with Gasteiger partial charge in [0.2, 0.25) is 10.0 Å².